The summed E-state index contributed by atoms with van der Waals surface area (Å²) in [6.45, 7) is 1.05. The Labute approximate surface area is 131 Å². The summed E-state index contributed by atoms with van der Waals surface area (Å²) in [4.78, 5) is 11.2. The van der Waals surface area contributed by atoms with Gasteiger partial charge in [-0.1, -0.05) is 11.3 Å². The zero-order valence-corrected chi connectivity index (χ0v) is 12.9. The second-order valence-corrected chi connectivity index (χ2v) is 5.20. The first-order valence-corrected chi connectivity index (χ1v) is 7.49. The van der Waals surface area contributed by atoms with E-state index < -0.39 is 0 Å². The average molecular weight is 328 g/mol. The third-order valence-electron chi connectivity index (χ3n) is 2.45. The molecule has 112 valence electrons. The van der Waals surface area contributed by atoms with E-state index in [4.69, 9.17) is 21.1 Å². The molecule has 0 atom stereocenters. The molecular weight excluding hydrogens is 314 g/mol. The Morgan fingerprint density at radius 3 is 2.71 bits per heavy atom. The first kappa shape index (κ1) is 15.7. The van der Waals surface area contributed by atoms with Crippen LogP contribution in [0.2, 0.25) is 0 Å². The lowest BCUT2D eigenvalue weighted by molar-refractivity contribution is -0.113. The first-order chi connectivity index (χ1) is 10.2. The van der Waals surface area contributed by atoms with Crippen LogP contribution in [0.3, 0.4) is 0 Å². The van der Waals surface area contributed by atoms with E-state index in [1.165, 1.54) is 11.3 Å². The van der Waals surface area contributed by atoms with E-state index in [0.29, 0.717) is 23.4 Å². The minimum absolute atomic E-state index is 0.109. The summed E-state index contributed by atoms with van der Waals surface area (Å²) in [5, 5.41) is 11.6. The summed E-state index contributed by atoms with van der Waals surface area (Å²) in [6, 6.07) is 7.47. The Kier molecular flexibility index (Phi) is 5.91. The molecule has 2 rings (SSSR count). The number of halogens is 1. The molecule has 2 aromatic rings. The number of nitrogens with zero attached hydrogens (tertiary/aromatic N) is 2. The van der Waals surface area contributed by atoms with Gasteiger partial charge in [-0.2, -0.15) is 0 Å². The number of ether oxygens (including phenoxy) is 2. The molecule has 0 saturated heterocycles. The number of anilines is 1. The van der Waals surface area contributed by atoms with Crippen LogP contribution in [0.15, 0.2) is 24.3 Å². The molecular formula is C13H14ClN3O3S. The standard InChI is InChI=1S/C13H14ClN3O3S/c1-19-6-7-20-10-4-2-9(3-5-10)12-16-17-13(21-12)15-11(18)8-14/h2-5H,6-8H2,1H3,(H,15,17,18). The van der Waals surface area contributed by atoms with Crippen LogP contribution >= 0.6 is 22.9 Å². The lowest BCUT2D eigenvalue weighted by Gasteiger charge is -2.05. The van der Waals surface area contributed by atoms with Crippen LogP contribution in [0.1, 0.15) is 0 Å². The highest BCUT2D eigenvalue weighted by Gasteiger charge is 2.09. The van der Waals surface area contributed by atoms with Gasteiger partial charge in [0.1, 0.15) is 23.2 Å². The molecule has 0 bridgehead atoms. The van der Waals surface area contributed by atoms with Gasteiger partial charge in [0.15, 0.2) is 0 Å². The maximum absolute atomic E-state index is 11.2. The molecule has 0 fully saturated rings. The van der Waals surface area contributed by atoms with Crippen molar-refractivity contribution in [2.24, 2.45) is 0 Å². The maximum atomic E-state index is 11.2. The fourth-order valence-corrected chi connectivity index (χ4v) is 2.31. The molecule has 0 aliphatic rings. The van der Waals surface area contributed by atoms with Crippen molar-refractivity contribution >= 4 is 34.0 Å². The number of benzene rings is 1. The van der Waals surface area contributed by atoms with Crippen molar-refractivity contribution in [2.75, 3.05) is 31.5 Å². The van der Waals surface area contributed by atoms with Crippen molar-refractivity contribution in [1.82, 2.24) is 10.2 Å². The van der Waals surface area contributed by atoms with Gasteiger partial charge in [0.2, 0.25) is 11.0 Å². The summed E-state index contributed by atoms with van der Waals surface area (Å²) in [5.74, 6) is 0.347. The van der Waals surface area contributed by atoms with Crippen molar-refractivity contribution in [1.29, 1.82) is 0 Å². The number of methoxy groups -OCH3 is 1. The third kappa shape index (κ3) is 4.66. The Morgan fingerprint density at radius 2 is 2.05 bits per heavy atom. The molecule has 0 unspecified atom stereocenters. The quantitative estimate of drug-likeness (QED) is 0.624. The lowest BCUT2D eigenvalue weighted by Crippen LogP contribution is -2.12. The van der Waals surface area contributed by atoms with E-state index in [-0.39, 0.29) is 11.8 Å². The van der Waals surface area contributed by atoms with Crippen LogP contribution < -0.4 is 10.1 Å². The van der Waals surface area contributed by atoms with E-state index in [1.54, 1.807) is 7.11 Å². The monoisotopic (exact) mass is 327 g/mol. The zero-order valence-electron chi connectivity index (χ0n) is 11.3. The number of amides is 1. The van der Waals surface area contributed by atoms with E-state index in [1.807, 2.05) is 24.3 Å². The van der Waals surface area contributed by atoms with Crippen LogP contribution in [0.25, 0.3) is 10.6 Å². The number of hydrogen-bond acceptors (Lipinski definition) is 6. The Morgan fingerprint density at radius 1 is 1.29 bits per heavy atom. The minimum Gasteiger partial charge on any atom is -0.491 e. The van der Waals surface area contributed by atoms with Crippen molar-refractivity contribution in [3.05, 3.63) is 24.3 Å². The molecule has 21 heavy (non-hydrogen) atoms. The molecule has 0 saturated carbocycles. The second-order valence-electron chi connectivity index (χ2n) is 3.96. The molecule has 0 spiro atoms. The van der Waals surface area contributed by atoms with Crippen molar-refractivity contribution < 1.29 is 14.3 Å². The summed E-state index contributed by atoms with van der Waals surface area (Å²) in [7, 11) is 1.63. The average Bonchev–Trinajstić information content (AvgIpc) is 2.96. The summed E-state index contributed by atoms with van der Waals surface area (Å²) in [6.07, 6.45) is 0. The van der Waals surface area contributed by atoms with Crippen LogP contribution in [0.4, 0.5) is 5.13 Å². The predicted octanol–water partition coefficient (Wildman–Crippen LogP) is 2.41. The van der Waals surface area contributed by atoms with Crippen molar-refractivity contribution in [3.8, 4) is 16.3 Å². The van der Waals surface area contributed by atoms with Gasteiger partial charge < -0.3 is 9.47 Å². The minimum atomic E-state index is -0.304. The molecule has 1 heterocycles. The number of alkyl halides is 1. The number of carbonyl (C=O) groups excluding carboxylic acids is 1. The fraction of sp³-hybridized carbons (Fsp3) is 0.308. The second kappa shape index (κ2) is 7.92. The van der Waals surface area contributed by atoms with Crippen LogP contribution in [-0.4, -0.2) is 42.3 Å². The predicted molar refractivity (Wildman–Crippen MR) is 82.1 cm³/mol. The van der Waals surface area contributed by atoms with Gasteiger partial charge in [-0.05, 0) is 24.3 Å². The Balaban J connectivity index is 2.00. The number of nitrogens with one attached hydrogen (secondary N) is 1. The molecule has 8 heteroatoms. The topological polar surface area (TPSA) is 73.3 Å². The van der Waals surface area contributed by atoms with E-state index in [2.05, 4.69) is 15.5 Å². The van der Waals surface area contributed by atoms with Crippen LogP contribution in [-0.2, 0) is 9.53 Å². The number of aromatic nitrogens is 2. The van der Waals surface area contributed by atoms with E-state index >= 15 is 0 Å². The van der Waals surface area contributed by atoms with Gasteiger partial charge >= 0.3 is 0 Å². The molecule has 1 amide bonds. The molecule has 6 nitrogen and oxygen atoms in total. The molecule has 0 aliphatic carbocycles. The van der Waals surface area contributed by atoms with E-state index in [9.17, 15) is 4.79 Å². The summed E-state index contributed by atoms with van der Waals surface area (Å²) >= 11 is 6.70. The SMILES string of the molecule is COCCOc1ccc(-c2nnc(NC(=O)CCl)s2)cc1. The van der Waals surface area contributed by atoms with Crippen LogP contribution in [0, 0.1) is 0 Å². The van der Waals surface area contributed by atoms with Gasteiger partial charge in [-0.15, -0.1) is 21.8 Å². The molecule has 0 radical (unpaired) electrons. The van der Waals surface area contributed by atoms with Crippen molar-refractivity contribution in [3.63, 3.8) is 0 Å². The van der Waals surface area contributed by atoms with Gasteiger partial charge in [0.25, 0.3) is 0 Å². The summed E-state index contributed by atoms with van der Waals surface area (Å²) < 4.78 is 10.4. The van der Waals surface area contributed by atoms with E-state index in [0.717, 1.165) is 11.3 Å². The molecule has 1 aromatic carbocycles. The normalized spacial score (nSPS) is 10.4. The highest BCUT2D eigenvalue weighted by molar-refractivity contribution is 7.18. The van der Waals surface area contributed by atoms with Gasteiger partial charge in [-0.3, -0.25) is 10.1 Å². The first-order valence-electron chi connectivity index (χ1n) is 6.14. The Hall–Kier alpha value is -1.70. The molecule has 1 N–H and O–H groups in total. The molecule has 1 aromatic heterocycles. The maximum Gasteiger partial charge on any atom is 0.241 e. The summed E-state index contributed by atoms with van der Waals surface area (Å²) in [5.41, 5.74) is 0.901. The van der Waals surface area contributed by atoms with Crippen LogP contribution in [0.5, 0.6) is 5.75 Å². The smallest absolute Gasteiger partial charge is 0.241 e. The molecule has 0 aliphatic heterocycles. The van der Waals surface area contributed by atoms with Gasteiger partial charge in [-0.25, -0.2) is 0 Å². The highest BCUT2D eigenvalue weighted by atomic mass is 35.5. The fourth-order valence-electron chi connectivity index (χ4n) is 1.48. The van der Waals surface area contributed by atoms with Crippen molar-refractivity contribution in [2.45, 2.75) is 0 Å². The number of carbonyl (C=O) groups is 1. The lowest BCUT2D eigenvalue weighted by atomic mass is 10.2. The van der Waals surface area contributed by atoms with Gasteiger partial charge in [0, 0.05) is 12.7 Å². The number of hydrogen-bond donors (Lipinski definition) is 1. The number of rotatable bonds is 7. The highest BCUT2D eigenvalue weighted by Crippen LogP contribution is 2.27. The Bertz CT molecular complexity index is 589. The largest absolute Gasteiger partial charge is 0.491 e. The third-order valence-corrected chi connectivity index (χ3v) is 3.58. The van der Waals surface area contributed by atoms with Gasteiger partial charge in [0.05, 0.1) is 6.61 Å². The zero-order chi connectivity index (χ0) is 15.1.